The van der Waals surface area contributed by atoms with E-state index >= 15 is 0 Å². The largest absolute Gasteiger partial charge is 0.394 e. The summed E-state index contributed by atoms with van der Waals surface area (Å²) >= 11 is 0. The first kappa shape index (κ1) is 17.3. The number of amides is 3. The van der Waals surface area contributed by atoms with E-state index in [4.69, 9.17) is 0 Å². The van der Waals surface area contributed by atoms with E-state index in [-0.39, 0.29) is 24.6 Å². The number of hydrogen-bond donors (Lipinski definition) is 3. The fraction of sp³-hybridized carbons (Fsp3) is 0.529. The molecule has 0 bridgehead atoms. The smallest absolute Gasteiger partial charge is 0.322 e. The third-order valence-corrected chi connectivity index (χ3v) is 3.97. The van der Waals surface area contributed by atoms with Gasteiger partial charge in [0.25, 0.3) is 0 Å². The number of urea groups is 1. The summed E-state index contributed by atoms with van der Waals surface area (Å²) in [6, 6.07) is 6.78. The van der Waals surface area contributed by atoms with E-state index in [1.165, 1.54) is 0 Å². The molecule has 3 amide bonds. The molecule has 126 valence electrons. The number of aliphatic hydroxyl groups is 1. The van der Waals surface area contributed by atoms with E-state index in [0.29, 0.717) is 24.3 Å². The second kappa shape index (κ2) is 8.53. The van der Waals surface area contributed by atoms with Crippen molar-refractivity contribution in [3.05, 3.63) is 24.3 Å². The van der Waals surface area contributed by atoms with E-state index in [2.05, 4.69) is 10.6 Å². The molecule has 2 rings (SSSR count). The zero-order valence-electron chi connectivity index (χ0n) is 13.5. The van der Waals surface area contributed by atoms with E-state index in [1.807, 2.05) is 6.92 Å². The summed E-state index contributed by atoms with van der Waals surface area (Å²) in [5.41, 5.74) is 1.30. The van der Waals surface area contributed by atoms with Crippen LogP contribution in [0.2, 0.25) is 0 Å². The van der Waals surface area contributed by atoms with Gasteiger partial charge in [0.15, 0.2) is 0 Å². The SMILES string of the molecule is CCCC(=O)Nc1cccc(NC(=O)N2CCCC[C@@H]2CO)c1. The number of nitrogens with one attached hydrogen (secondary N) is 2. The van der Waals surface area contributed by atoms with Crippen LogP contribution in [-0.2, 0) is 4.79 Å². The van der Waals surface area contributed by atoms with Crippen molar-refractivity contribution in [1.29, 1.82) is 0 Å². The third kappa shape index (κ3) is 4.96. The van der Waals surface area contributed by atoms with Crippen molar-refractivity contribution >= 4 is 23.3 Å². The van der Waals surface area contributed by atoms with Gasteiger partial charge in [-0.25, -0.2) is 4.79 Å². The number of carbonyl (C=O) groups is 2. The van der Waals surface area contributed by atoms with Crippen molar-refractivity contribution in [2.45, 2.75) is 45.1 Å². The molecule has 0 aromatic heterocycles. The molecule has 6 nitrogen and oxygen atoms in total. The van der Waals surface area contributed by atoms with Gasteiger partial charge in [-0.2, -0.15) is 0 Å². The lowest BCUT2D eigenvalue weighted by Crippen LogP contribution is -2.47. The van der Waals surface area contributed by atoms with Gasteiger partial charge in [0.1, 0.15) is 0 Å². The average molecular weight is 319 g/mol. The van der Waals surface area contributed by atoms with Crippen molar-refractivity contribution in [1.82, 2.24) is 4.90 Å². The number of carbonyl (C=O) groups excluding carboxylic acids is 2. The van der Waals surface area contributed by atoms with Crippen LogP contribution < -0.4 is 10.6 Å². The molecule has 1 fully saturated rings. The summed E-state index contributed by atoms with van der Waals surface area (Å²) in [5.74, 6) is -0.0349. The number of likely N-dealkylation sites (tertiary alicyclic amines) is 1. The lowest BCUT2D eigenvalue weighted by atomic mass is 10.0. The Balaban J connectivity index is 1.99. The van der Waals surface area contributed by atoms with Crippen LogP contribution in [-0.4, -0.2) is 41.1 Å². The van der Waals surface area contributed by atoms with E-state index in [0.717, 1.165) is 25.7 Å². The highest BCUT2D eigenvalue weighted by atomic mass is 16.3. The molecule has 1 aromatic carbocycles. The van der Waals surface area contributed by atoms with Gasteiger partial charge in [0, 0.05) is 24.3 Å². The number of piperidine rings is 1. The zero-order chi connectivity index (χ0) is 16.7. The molecule has 23 heavy (non-hydrogen) atoms. The molecular weight excluding hydrogens is 294 g/mol. The Morgan fingerprint density at radius 3 is 2.70 bits per heavy atom. The normalized spacial score (nSPS) is 17.7. The van der Waals surface area contributed by atoms with Gasteiger partial charge in [-0.3, -0.25) is 4.79 Å². The Morgan fingerprint density at radius 1 is 1.26 bits per heavy atom. The van der Waals surface area contributed by atoms with Crippen molar-refractivity contribution in [3.63, 3.8) is 0 Å². The van der Waals surface area contributed by atoms with Gasteiger partial charge in [0.05, 0.1) is 12.6 Å². The minimum absolute atomic E-state index is 0.0134. The standard InChI is InChI=1S/C17H25N3O3/c1-2-6-16(22)18-13-7-5-8-14(11-13)19-17(23)20-10-4-3-9-15(20)12-21/h5,7-8,11,15,21H,2-4,6,9-10,12H2,1H3,(H,18,22)(H,19,23)/t15-/m1/s1. The lowest BCUT2D eigenvalue weighted by molar-refractivity contribution is -0.116. The fourth-order valence-corrected chi connectivity index (χ4v) is 2.78. The summed E-state index contributed by atoms with van der Waals surface area (Å²) < 4.78 is 0. The minimum Gasteiger partial charge on any atom is -0.394 e. The first-order valence-electron chi connectivity index (χ1n) is 8.22. The number of benzene rings is 1. The second-order valence-electron chi connectivity index (χ2n) is 5.83. The number of hydrogen-bond acceptors (Lipinski definition) is 3. The van der Waals surface area contributed by atoms with Crippen LogP contribution in [0.5, 0.6) is 0 Å². The Kier molecular flexibility index (Phi) is 6.40. The Labute approximate surface area is 136 Å². The van der Waals surface area contributed by atoms with Gasteiger partial charge in [0.2, 0.25) is 5.91 Å². The Bertz CT molecular complexity index is 548. The lowest BCUT2D eigenvalue weighted by Gasteiger charge is -2.34. The molecule has 0 aliphatic carbocycles. The summed E-state index contributed by atoms with van der Waals surface area (Å²) in [6.07, 6.45) is 4.09. The molecule has 1 heterocycles. The molecule has 3 N–H and O–H groups in total. The highest BCUT2D eigenvalue weighted by Crippen LogP contribution is 2.20. The van der Waals surface area contributed by atoms with Gasteiger partial charge < -0.3 is 20.6 Å². The highest BCUT2D eigenvalue weighted by Gasteiger charge is 2.26. The monoisotopic (exact) mass is 319 g/mol. The minimum atomic E-state index is -0.208. The Hall–Kier alpha value is -2.08. The quantitative estimate of drug-likeness (QED) is 0.780. The number of aliphatic hydroxyl groups excluding tert-OH is 1. The molecule has 1 atom stereocenters. The first-order chi connectivity index (χ1) is 11.1. The van der Waals surface area contributed by atoms with Gasteiger partial charge in [-0.15, -0.1) is 0 Å². The third-order valence-electron chi connectivity index (χ3n) is 3.97. The van der Waals surface area contributed by atoms with E-state index in [1.54, 1.807) is 29.2 Å². The van der Waals surface area contributed by atoms with Crippen molar-refractivity contribution < 1.29 is 14.7 Å². The fourth-order valence-electron chi connectivity index (χ4n) is 2.78. The van der Waals surface area contributed by atoms with Crippen LogP contribution in [0.25, 0.3) is 0 Å². The molecular formula is C17H25N3O3. The van der Waals surface area contributed by atoms with Gasteiger partial charge in [-0.1, -0.05) is 13.0 Å². The van der Waals surface area contributed by atoms with Crippen LogP contribution in [0, 0.1) is 0 Å². The predicted octanol–water partition coefficient (Wildman–Crippen LogP) is 2.80. The van der Waals surface area contributed by atoms with Crippen LogP contribution in [0.1, 0.15) is 39.0 Å². The zero-order valence-corrected chi connectivity index (χ0v) is 13.5. The van der Waals surface area contributed by atoms with Crippen LogP contribution in [0.3, 0.4) is 0 Å². The topological polar surface area (TPSA) is 81.7 Å². The highest BCUT2D eigenvalue weighted by molar-refractivity contribution is 5.93. The summed E-state index contributed by atoms with van der Waals surface area (Å²) in [4.78, 5) is 25.7. The molecule has 1 aliphatic rings. The molecule has 0 radical (unpaired) electrons. The summed E-state index contributed by atoms with van der Waals surface area (Å²) in [5, 5.41) is 15.1. The van der Waals surface area contributed by atoms with Gasteiger partial charge >= 0.3 is 6.03 Å². The molecule has 6 heteroatoms. The van der Waals surface area contributed by atoms with Crippen LogP contribution in [0.15, 0.2) is 24.3 Å². The van der Waals surface area contributed by atoms with Crippen LogP contribution in [0.4, 0.5) is 16.2 Å². The summed E-state index contributed by atoms with van der Waals surface area (Å²) in [7, 11) is 0. The molecule has 0 unspecified atom stereocenters. The Morgan fingerprint density at radius 2 is 2.00 bits per heavy atom. The molecule has 0 saturated carbocycles. The van der Waals surface area contributed by atoms with Crippen molar-refractivity contribution in [3.8, 4) is 0 Å². The molecule has 1 aromatic rings. The molecule has 1 aliphatic heterocycles. The van der Waals surface area contributed by atoms with Crippen molar-refractivity contribution in [2.24, 2.45) is 0 Å². The number of nitrogens with zero attached hydrogens (tertiary/aromatic N) is 1. The summed E-state index contributed by atoms with van der Waals surface area (Å²) in [6.45, 7) is 2.59. The maximum Gasteiger partial charge on any atom is 0.322 e. The number of rotatable bonds is 5. The maximum absolute atomic E-state index is 12.4. The second-order valence-corrected chi connectivity index (χ2v) is 5.83. The van der Waals surface area contributed by atoms with Gasteiger partial charge in [-0.05, 0) is 43.9 Å². The first-order valence-corrected chi connectivity index (χ1v) is 8.22. The van der Waals surface area contributed by atoms with E-state index < -0.39 is 0 Å². The van der Waals surface area contributed by atoms with Crippen molar-refractivity contribution in [2.75, 3.05) is 23.8 Å². The molecule has 1 saturated heterocycles. The molecule has 0 spiro atoms. The maximum atomic E-state index is 12.4. The average Bonchev–Trinajstić information content (AvgIpc) is 2.55. The van der Waals surface area contributed by atoms with Crippen LogP contribution >= 0.6 is 0 Å². The van der Waals surface area contributed by atoms with E-state index in [9.17, 15) is 14.7 Å². The number of anilines is 2. The predicted molar refractivity (Wildman–Crippen MR) is 90.4 cm³/mol.